The lowest BCUT2D eigenvalue weighted by atomic mass is 10.1. The number of ether oxygens (including phenoxy) is 1. The summed E-state index contributed by atoms with van der Waals surface area (Å²) in [5, 5.41) is 0. The minimum atomic E-state index is 0.690. The molecule has 106 valence electrons. The molecule has 0 amide bonds. The van der Waals surface area contributed by atoms with Gasteiger partial charge >= 0.3 is 0 Å². The molecular formula is C17H27NO. The number of allylic oxidation sites excluding steroid dienone is 1. The second kappa shape index (κ2) is 11.9. The summed E-state index contributed by atoms with van der Waals surface area (Å²) in [5.74, 6) is 0. The highest BCUT2D eigenvalue weighted by Crippen LogP contribution is 2.09. The summed E-state index contributed by atoms with van der Waals surface area (Å²) >= 11 is 0. The molecule has 0 radical (unpaired) electrons. The van der Waals surface area contributed by atoms with Crippen molar-refractivity contribution >= 4 is 0 Å². The molecule has 0 bridgehead atoms. The molecule has 0 N–H and O–H groups in total. The quantitative estimate of drug-likeness (QED) is 0.394. The van der Waals surface area contributed by atoms with Gasteiger partial charge in [0.15, 0.2) is 0 Å². The Balaban J connectivity index is 1.80. The van der Waals surface area contributed by atoms with Crippen molar-refractivity contribution in [2.75, 3.05) is 6.61 Å². The minimum absolute atomic E-state index is 0.690. The van der Waals surface area contributed by atoms with Crippen molar-refractivity contribution < 1.29 is 4.74 Å². The molecule has 1 heterocycles. The number of pyridine rings is 1. The zero-order chi connectivity index (χ0) is 13.6. The maximum absolute atomic E-state index is 5.63. The lowest BCUT2D eigenvalue weighted by Crippen LogP contribution is -1.96. The summed E-state index contributed by atoms with van der Waals surface area (Å²) in [6.45, 7) is 5.30. The molecule has 1 aromatic heterocycles. The van der Waals surface area contributed by atoms with E-state index in [1.807, 2.05) is 18.3 Å². The van der Waals surface area contributed by atoms with Gasteiger partial charge in [0.05, 0.1) is 6.61 Å². The van der Waals surface area contributed by atoms with E-state index in [0.29, 0.717) is 6.61 Å². The lowest BCUT2D eigenvalue weighted by molar-refractivity contribution is 0.116. The Kier molecular flexibility index (Phi) is 9.97. The highest BCUT2D eigenvalue weighted by atomic mass is 16.5. The van der Waals surface area contributed by atoms with E-state index in [-0.39, 0.29) is 0 Å². The lowest BCUT2D eigenvalue weighted by Gasteiger charge is -2.04. The molecule has 0 aliphatic rings. The molecule has 0 fully saturated rings. The van der Waals surface area contributed by atoms with Gasteiger partial charge in [0.25, 0.3) is 0 Å². The Morgan fingerprint density at radius 3 is 2.47 bits per heavy atom. The fourth-order valence-electron chi connectivity index (χ4n) is 2.05. The standard InChI is InChI=1S/C17H27NO/c1-2-3-4-5-6-7-8-9-10-14-19-16-17-12-11-13-18-15-17/h2,11-13,15H,1,3-10,14,16H2. The van der Waals surface area contributed by atoms with Crippen molar-refractivity contribution in [2.45, 2.75) is 58.0 Å². The molecular weight excluding hydrogens is 234 g/mol. The van der Waals surface area contributed by atoms with Crippen LogP contribution in [0.15, 0.2) is 37.2 Å². The maximum Gasteiger partial charge on any atom is 0.0731 e. The highest BCUT2D eigenvalue weighted by molar-refractivity contribution is 5.06. The topological polar surface area (TPSA) is 22.1 Å². The third-order valence-corrected chi connectivity index (χ3v) is 3.19. The summed E-state index contributed by atoms with van der Waals surface area (Å²) in [5.41, 5.74) is 1.16. The fraction of sp³-hybridized carbons (Fsp3) is 0.588. The first-order chi connectivity index (χ1) is 9.43. The van der Waals surface area contributed by atoms with Crippen LogP contribution < -0.4 is 0 Å². The van der Waals surface area contributed by atoms with Crippen LogP contribution in [0.4, 0.5) is 0 Å². The van der Waals surface area contributed by atoms with Gasteiger partial charge in [-0.1, -0.05) is 44.2 Å². The van der Waals surface area contributed by atoms with E-state index < -0.39 is 0 Å². The first kappa shape index (κ1) is 15.9. The molecule has 0 unspecified atom stereocenters. The van der Waals surface area contributed by atoms with Crippen LogP contribution in [0.25, 0.3) is 0 Å². The first-order valence-corrected chi connectivity index (χ1v) is 7.51. The second-order valence-electron chi connectivity index (χ2n) is 4.97. The van der Waals surface area contributed by atoms with Gasteiger partial charge in [-0.05, 0) is 30.9 Å². The molecule has 1 rings (SSSR count). The fourth-order valence-corrected chi connectivity index (χ4v) is 2.05. The molecule has 0 spiro atoms. The van der Waals surface area contributed by atoms with Crippen molar-refractivity contribution in [3.8, 4) is 0 Å². The normalized spacial score (nSPS) is 10.5. The van der Waals surface area contributed by atoms with E-state index in [0.717, 1.165) is 12.2 Å². The Morgan fingerprint density at radius 1 is 1.05 bits per heavy atom. The van der Waals surface area contributed by atoms with E-state index in [2.05, 4.69) is 17.6 Å². The Bertz CT molecular complexity index is 310. The summed E-state index contributed by atoms with van der Waals surface area (Å²) in [6.07, 6.45) is 16.0. The van der Waals surface area contributed by atoms with E-state index in [1.54, 1.807) is 6.20 Å². The Morgan fingerprint density at radius 2 is 1.79 bits per heavy atom. The number of rotatable bonds is 12. The molecule has 1 aromatic rings. The molecule has 0 aliphatic heterocycles. The molecule has 0 aliphatic carbocycles. The van der Waals surface area contributed by atoms with Crippen molar-refractivity contribution in [2.24, 2.45) is 0 Å². The van der Waals surface area contributed by atoms with Crippen LogP contribution in [-0.2, 0) is 11.3 Å². The predicted octanol–water partition coefficient (Wildman–Crippen LogP) is 4.91. The van der Waals surface area contributed by atoms with Crippen molar-refractivity contribution in [1.82, 2.24) is 4.98 Å². The van der Waals surface area contributed by atoms with Crippen LogP contribution in [0.1, 0.15) is 56.9 Å². The maximum atomic E-state index is 5.63. The minimum Gasteiger partial charge on any atom is -0.377 e. The molecule has 0 atom stereocenters. The summed E-state index contributed by atoms with van der Waals surface area (Å²) in [4.78, 5) is 4.07. The van der Waals surface area contributed by atoms with Crippen LogP contribution in [0, 0.1) is 0 Å². The van der Waals surface area contributed by atoms with Crippen molar-refractivity contribution in [3.63, 3.8) is 0 Å². The van der Waals surface area contributed by atoms with E-state index in [4.69, 9.17) is 4.74 Å². The Hall–Kier alpha value is -1.15. The molecule has 0 aromatic carbocycles. The molecule has 2 nitrogen and oxygen atoms in total. The SMILES string of the molecule is C=CCCCCCCCCCOCc1cccnc1. The van der Waals surface area contributed by atoms with Gasteiger partial charge in [-0.3, -0.25) is 4.98 Å². The van der Waals surface area contributed by atoms with E-state index in [1.165, 1.54) is 51.4 Å². The van der Waals surface area contributed by atoms with Crippen LogP contribution in [-0.4, -0.2) is 11.6 Å². The van der Waals surface area contributed by atoms with Gasteiger partial charge in [-0.15, -0.1) is 6.58 Å². The van der Waals surface area contributed by atoms with Gasteiger partial charge in [0, 0.05) is 19.0 Å². The summed E-state index contributed by atoms with van der Waals surface area (Å²) in [7, 11) is 0. The van der Waals surface area contributed by atoms with Crippen LogP contribution in [0.3, 0.4) is 0 Å². The van der Waals surface area contributed by atoms with E-state index >= 15 is 0 Å². The zero-order valence-corrected chi connectivity index (χ0v) is 12.0. The smallest absolute Gasteiger partial charge is 0.0731 e. The Labute approximate surface area is 117 Å². The van der Waals surface area contributed by atoms with Crippen LogP contribution >= 0.6 is 0 Å². The van der Waals surface area contributed by atoms with Crippen LogP contribution in [0.2, 0.25) is 0 Å². The number of hydrogen-bond acceptors (Lipinski definition) is 2. The van der Waals surface area contributed by atoms with Gasteiger partial charge in [0.2, 0.25) is 0 Å². The molecule has 2 heteroatoms. The van der Waals surface area contributed by atoms with Gasteiger partial charge < -0.3 is 4.74 Å². The van der Waals surface area contributed by atoms with Gasteiger partial charge in [-0.2, -0.15) is 0 Å². The summed E-state index contributed by atoms with van der Waals surface area (Å²) < 4.78 is 5.63. The second-order valence-corrected chi connectivity index (χ2v) is 4.97. The third kappa shape index (κ3) is 9.43. The largest absolute Gasteiger partial charge is 0.377 e. The highest BCUT2D eigenvalue weighted by Gasteiger charge is 1.94. The van der Waals surface area contributed by atoms with Gasteiger partial charge in [0.1, 0.15) is 0 Å². The van der Waals surface area contributed by atoms with Crippen LogP contribution in [0.5, 0.6) is 0 Å². The molecule has 19 heavy (non-hydrogen) atoms. The first-order valence-electron chi connectivity index (χ1n) is 7.51. The number of hydrogen-bond donors (Lipinski definition) is 0. The molecule has 0 saturated carbocycles. The molecule has 0 saturated heterocycles. The average molecular weight is 261 g/mol. The number of nitrogens with zero attached hydrogens (tertiary/aromatic N) is 1. The van der Waals surface area contributed by atoms with Gasteiger partial charge in [-0.25, -0.2) is 0 Å². The third-order valence-electron chi connectivity index (χ3n) is 3.19. The average Bonchev–Trinajstić information content (AvgIpc) is 2.46. The zero-order valence-electron chi connectivity index (χ0n) is 12.0. The van der Waals surface area contributed by atoms with Crippen molar-refractivity contribution in [1.29, 1.82) is 0 Å². The number of unbranched alkanes of at least 4 members (excludes halogenated alkanes) is 7. The number of aromatic nitrogens is 1. The summed E-state index contributed by atoms with van der Waals surface area (Å²) in [6, 6.07) is 4.00. The predicted molar refractivity (Wildman–Crippen MR) is 81.0 cm³/mol. The van der Waals surface area contributed by atoms with Crippen molar-refractivity contribution in [3.05, 3.63) is 42.7 Å². The van der Waals surface area contributed by atoms with E-state index in [9.17, 15) is 0 Å². The monoisotopic (exact) mass is 261 g/mol.